The molecule has 5 heteroatoms. The summed E-state index contributed by atoms with van der Waals surface area (Å²) in [6.45, 7) is 2.97. The number of ether oxygens (including phenoxy) is 1. The van der Waals surface area contributed by atoms with Crippen LogP contribution in [0.2, 0.25) is 0 Å². The van der Waals surface area contributed by atoms with Crippen LogP contribution < -0.4 is 10.2 Å². The van der Waals surface area contributed by atoms with Gasteiger partial charge in [0, 0.05) is 22.0 Å². The van der Waals surface area contributed by atoms with E-state index in [1.807, 2.05) is 66.7 Å². The fourth-order valence-electron chi connectivity index (χ4n) is 3.83. The maximum atomic E-state index is 13.2. The first-order valence-electron chi connectivity index (χ1n) is 9.63. The van der Waals surface area contributed by atoms with Gasteiger partial charge in [0.2, 0.25) is 0 Å². The minimum absolute atomic E-state index is 0.180. The molecule has 5 rings (SSSR count). The Morgan fingerprint density at radius 2 is 1.83 bits per heavy atom. The van der Waals surface area contributed by atoms with Crippen molar-refractivity contribution in [2.75, 3.05) is 6.73 Å². The molecule has 5 nitrogen and oxygen atoms in total. The van der Waals surface area contributed by atoms with Gasteiger partial charge in [0.05, 0.1) is 6.54 Å². The second-order valence-corrected chi connectivity index (χ2v) is 7.31. The van der Waals surface area contributed by atoms with Gasteiger partial charge in [-0.2, -0.15) is 5.01 Å². The molecule has 29 heavy (non-hydrogen) atoms. The van der Waals surface area contributed by atoms with Crippen molar-refractivity contribution in [2.24, 2.45) is 0 Å². The third-order valence-corrected chi connectivity index (χ3v) is 5.21. The summed E-state index contributed by atoms with van der Waals surface area (Å²) in [6, 6.07) is 24.1. The Morgan fingerprint density at radius 3 is 2.69 bits per heavy atom. The summed E-state index contributed by atoms with van der Waals surface area (Å²) in [5, 5.41) is 2.83. The van der Waals surface area contributed by atoms with E-state index >= 15 is 0 Å². The van der Waals surface area contributed by atoms with Gasteiger partial charge in [-0.05, 0) is 30.7 Å². The number of aromatic nitrogens is 1. The molecule has 0 atom stereocenters. The van der Waals surface area contributed by atoms with Crippen LogP contribution in [0.5, 0.6) is 5.75 Å². The highest BCUT2D eigenvalue weighted by Gasteiger charge is 2.23. The van der Waals surface area contributed by atoms with E-state index in [1.165, 1.54) is 0 Å². The Balaban J connectivity index is 1.51. The number of para-hydroxylation sites is 1. The lowest BCUT2D eigenvalue weighted by Crippen LogP contribution is -2.46. The Labute approximate surface area is 168 Å². The van der Waals surface area contributed by atoms with Gasteiger partial charge >= 0.3 is 0 Å². The number of carbonyl (C=O) groups excluding carboxylic acids is 1. The summed E-state index contributed by atoms with van der Waals surface area (Å²) in [4.78, 5) is 16.6. The number of aryl methyl sites for hydroxylation is 1. The molecular formula is C24H21N3O2. The van der Waals surface area contributed by atoms with E-state index in [2.05, 4.69) is 23.4 Å². The van der Waals surface area contributed by atoms with E-state index in [1.54, 1.807) is 5.01 Å². The lowest BCUT2D eigenvalue weighted by Gasteiger charge is -2.28. The molecule has 0 spiro atoms. The van der Waals surface area contributed by atoms with E-state index in [4.69, 9.17) is 4.74 Å². The zero-order chi connectivity index (χ0) is 19.8. The summed E-state index contributed by atoms with van der Waals surface area (Å²) in [6.07, 6.45) is 0. The molecule has 1 aromatic heterocycles. The molecule has 0 radical (unpaired) electrons. The van der Waals surface area contributed by atoms with Crippen LogP contribution in [0.3, 0.4) is 0 Å². The van der Waals surface area contributed by atoms with Crippen LogP contribution in [0.1, 0.15) is 21.6 Å². The number of H-pyrrole nitrogens is 1. The highest BCUT2D eigenvalue weighted by atomic mass is 16.5. The second-order valence-electron chi connectivity index (χ2n) is 7.31. The van der Waals surface area contributed by atoms with E-state index < -0.39 is 0 Å². The molecule has 0 saturated heterocycles. The molecule has 0 fully saturated rings. The van der Waals surface area contributed by atoms with Gasteiger partial charge in [-0.25, -0.2) is 0 Å². The van der Waals surface area contributed by atoms with Crippen molar-refractivity contribution in [1.82, 2.24) is 15.4 Å². The molecular weight excluding hydrogens is 362 g/mol. The first kappa shape index (κ1) is 17.5. The van der Waals surface area contributed by atoms with Crippen molar-refractivity contribution in [3.8, 4) is 16.9 Å². The van der Waals surface area contributed by atoms with Gasteiger partial charge in [-0.3, -0.25) is 10.2 Å². The quantitative estimate of drug-likeness (QED) is 0.542. The van der Waals surface area contributed by atoms with E-state index in [0.717, 1.165) is 38.9 Å². The van der Waals surface area contributed by atoms with Crippen molar-refractivity contribution >= 4 is 16.8 Å². The van der Waals surface area contributed by atoms with Gasteiger partial charge in [0.15, 0.2) is 6.73 Å². The summed E-state index contributed by atoms with van der Waals surface area (Å²) >= 11 is 0. The molecule has 1 amide bonds. The maximum Gasteiger partial charge on any atom is 0.282 e. The molecule has 144 valence electrons. The Bertz CT molecular complexity index is 1200. The van der Waals surface area contributed by atoms with Crippen LogP contribution in [-0.2, 0) is 6.54 Å². The lowest BCUT2D eigenvalue weighted by molar-refractivity contribution is 0.0389. The zero-order valence-corrected chi connectivity index (χ0v) is 16.1. The average molecular weight is 383 g/mol. The van der Waals surface area contributed by atoms with Crippen LogP contribution in [-0.4, -0.2) is 22.6 Å². The summed E-state index contributed by atoms with van der Waals surface area (Å²) in [5.41, 5.74) is 8.63. The fraction of sp³-hybridized carbons (Fsp3) is 0.125. The normalized spacial score (nSPS) is 13.7. The van der Waals surface area contributed by atoms with E-state index in [-0.39, 0.29) is 5.91 Å². The first-order chi connectivity index (χ1) is 14.2. The van der Waals surface area contributed by atoms with Crippen LogP contribution in [0.25, 0.3) is 22.0 Å². The summed E-state index contributed by atoms with van der Waals surface area (Å²) in [5.74, 6) is 0.685. The lowest BCUT2D eigenvalue weighted by atomic mass is 10.0. The monoisotopic (exact) mass is 383 g/mol. The number of amides is 1. The summed E-state index contributed by atoms with van der Waals surface area (Å²) in [7, 11) is 0. The topological polar surface area (TPSA) is 57.4 Å². The molecule has 4 aromatic rings. The molecule has 0 saturated carbocycles. The third-order valence-electron chi connectivity index (χ3n) is 5.21. The largest absolute Gasteiger partial charge is 0.476 e. The van der Waals surface area contributed by atoms with Gasteiger partial charge in [0.25, 0.3) is 5.91 Å². The average Bonchev–Trinajstić information content (AvgIpc) is 3.13. The molecule has 2 N–H and O–H groups in total. The van der Waals surface area contributed by atoms with Crippen LogP contribution >= 0.6 is 0 Å². The van der Waals surface area contributed by atoms with Gasteiger partial charge < -0.3 is 9.72 Å². The Kier molecular flexibility index (Phi) is 4.30. The van der Waals surface area contributed by atoms with Gasteiger partial charge in [-0.1, -0.05) is 60.2 Å². The third kappa shape index (κ3) is 3.26. The van der Waals surface area contributed by atoms with E-state index in [0.29, 0.717) is 19.0 Å². The Hall–Kier alpha value is -3.57. The van der Waals surface area contributed by atoms with Crippen molar-refractivity contribution in [3.63, 3.8) is 0 Å². The molecule has 3 aromatic carbocycles. The van der Waals surface area contributed by atoms with Crippen LogP contribution in [0.4, 0.5) is 0 Å². The van der Waals surface area contributed by atoms with Crippen molar-refractivity contribution in [2.45, 2.75) is 13.5 Å². The number of hydrogen-bond acceptors (Lipinski definition) is 3. The smallest absolute Gasteiger partial charge is 0.282 e. The van der Waals surface area contributed by atoms with Crippen molar-refractivity contribution in [3.05, 3.63) is 89.6 Å². The highest BCUT2D eigenvalue weighted by Crippen LogP contribution is 2.33. The highest BCUT2D eigenvalue weighted by molar-refractivity contribution is 6.09. The molecule has 1 aliphatic heterocycles. The number of hydrazine groups is 1. The molecule has 2 heterocycles. The van der Waals surface area contributed by atoms with Crippen LogP contribution in [0, 0.1) is 6.92 Å². The van der Waals surface area contributed by atoms with Crippen molar-refractivity contribution in [1.29, 1.82) is 0 Å². The molecule has 1 aliphatic rings. The van der Waals surface area contributed by atoms with E-state index in [9.17, 15) is 4.79 Å². The van der Waals surface area contributed by atoms with Gasteiger partial charge in [0.1, 0.15) is 11.4 Å². The SMILES string of the molecule is Cc1ccc2[nH]c(C(=O)NN3COc4ccccc4C3)c(-c3ccccc3)c2c1. The number of hydrogen-bond donors (Lipinski definition) is 2. The summed E-state index contributed by atoms with van der Waals surface area (Å²) < 4.78 is 5.76. The predicted octanol–water partition coefficient (Wildman–Crippen LogP) is 4.64. The van der Waals surface area contributed by atoms with Gasteiger partial charge in [-0.15, -0.1) is 0 Å². The maximum absolute atomic E-state index is 13.2. The number of nitrogens with zero attached hydrogens (tertiary/aromatic N) is 1. The minimum Gasteiger partial charge on any atom is -0.476 e. The molecule has 0 bridgehead atoms. The predicted molar refractivity (Wildman–Crippen MR) is 113 cm³/mol. The fourth-order valence-corrected chi connectivity index (χ4v) is 3.83. The van der Waals surface area contributed by atoms with Crippen molar-refractivity contribution < 1.29 is 9.53 Å². The number of aromatic amines is 1. The number of rotatable bonds is 3. The number of nitrogens with one attached hydrogen (secondary N) is 2. The number of benzene rings is 3. The second kappa shape index (κ2) is 7.11. The minimum atomic E-state index is -0.180. The standard InChI is InChI=1S/C24H21N3O2/c1-16-11-12-20-19(13-16)22(17-7-3-2-4-8-17)23(25-20)24(28)26-27-14-18-9-5-6-10-21(18)29-15-27/h2-13,25H,14-15H2,1H3,(H,26,28). The molecule has 0 unspecified atom stereocenters. The van der Waals surface area contributed by atoms with Crippen LogP contribution in [0.15, 0.2) is 72.8 Å². The first-order valence-corrected chi connectivity index (χ1v) is 9.63. The number of fused-ring (bicyclic) bond motifs is 2. The Morgan fingerprint density at radius 1 is 1.03 bits per heavy atom. The molecule has 0 aliphatic carbocycles. The number of carbonyl (C=O) groups is 1. The zero-order valence-electron chi connectivity index (χ0n) is 16.1.